The number of carbonyl (C=O) groups excluding carboxylic acids is 1. The van der Waals surface area contributed by atoms with E-state index in [0.29, 0.717) is 17.7 Å². The number of ether oxygens (including phenoxy) is 1. The standard InChI is InChI=1S/C25H24F2N2O2/c26-21-10-4-8-19(14-21)24(20-9-5-11-22(27)15-20)31-25(30)28-23-12-13-29(17-23)16-18-6-2-1-3-7-18/h1-11,14-15,23-24H,12-13,16-17H2,(H,28,30). The molecule has 31 heavy (non-hydrogen) atoms. The highest BCUT2D eigenvalue weighted by atomic mass is 19.1. The number of hydrogen-bond donors (Lipinski definition) is 1. The second-order valence-corrected chi connectivity index (χ2v) is 7.75. The minimum absolute atomic E-state index is 0.0446. The zero-order chi connectivity index (χ0) is 21.6. The maximum atomic E-state index is 13.8. The first-order chi connectivity index (χ1) is 15.1. The summed E-state index contributed by atoms with van der Waals surface area (Å²) in [5.41, 5.74) is 2.11. The Labute approximate surface area is 180 Å². The van der Waals surface area contributed by atoms with Crippen molar-refractivity contribution in [2.75, 3.05) is 13.1 Å². The Morgan fingerprint density at radius 2 is 1.61 bits per heavy atom. The van der Waals surface area contributed by atoms with Crippen LogP contribution in [-0.4, -0.2) is 30.1 Å². The van der Waals surface area contributed by atoms with E-state index >= 15 is 0 Å². The van der Waals surface area contributed by atoms with Gasteiger partial charge in [0, 0.05) is 25.7 Å². The molecular weight excluding hydrogens is 398 g/mol. The van der Waals surface area contributed by atoms with Gasteiger partial charge in [0.2, 0.25) is 0 Å². The molecule has 0 aliphatic carbocycles. The summed E-state index contributed by atoms with van der Waals surface area (Å²) in [5, 5.41) is 2.90. The largest absolute Gasteiger partial charge is 0.436 e. The van der Waals surface area contributed by atoms with Crippen LogP contribution < -0.4 is 5.32 Å². The third kappa shape index (κ3) is 5.67. The molecule has 0 radical (unpaired) electrons. The zero-order valence-electron chi connectivity index (χ0n) is 17.0. The summed E-state index contributed by atoms with van der Waals surface area (Å²) in [6.07, 6.45) is -0.703. The summed E-state index contributed by atoms with van der Waals surface area (Å²) in [4.78, 5) is 14.9. The summed E-state index contributed by atoms with van der Waals surface area (Å²) >= 11 is 0. The molecule has 1 saturated heterocycles. The van der Waals surface area contributed by atoms with Crippen LogP contribution >= 0.6 is 0 Å². The van der Waals surface area contributed by atoms with Crippen molar-refractivity contribution in [1.82, 2.24) is 10.2 Å². The van der Waals surface area contributed by atoms with E-state index in [-0.39, 0.29) is 6.04 Å². The molecule has 3 aromatic rings. The fraction of sp³-hybridized carbons (Fsp3) is 0.240. The first-order valence-electron chi connectivity index (χ1n) is 10.3. The van der Waals surface area contributed by atoms with E-state index < -0.39 is 23.8 Å². The van der Waals surface area contributed by atoms with Gasteiger partial charge in [0.1, 0.15) is 11.6 Å². The van der Waals surface area contributed by atoms with Gasteiger partial charge in [0.05, 0.1) is 0 Å². The molecule has 0 aromatic heterocycles. The van der Waals surface area contributed by atoms with Crippen molar-refractivity contribution in [2.24, 2.45) is 0 Å². The molecule has 1 fully saturated rings. The summed E-state index contributed by atoms with van der Waals surface area (Å²) in [7, 11) is 0. The Morgan fingerprint density at radius 1 is 0.968 bits per heavy atom. The molecule has 160 valence electrons. The van der Waals surface area contributed by atoms with Crippen molar-refractivity contribution in [3.8, 4) is 0 Å². The number of nitrogens with one attached hydrogen (secondary N) is 1. The van der Waals surface area contributed by atoms with Crippen LogP contribution in [0.15, 0.2) is 78.9 Å². The second-order valence-electron chi connectivity index (χ2n) is 7.75. The third-order valence-electron chi connectivity index (χ3n) is 5.37. The van der Waals surface area contributed by atoms with Gasteiger partial charge in [-0.15, -0.1) is 0 Å². The predicted molar refractivity (Wildman–Crippen MR) is 114 cm³/mol. The minimum Gasteiger partial charge on any atom is -0.436 e. The number of likely N-dealkylation sites (tertiary alicyclic amines) is 1. The number of amides is 1. The minimum atomic E-state index is -0.909. The average Bonchev–Trinajstić information content (AvgIpc) is 3.19. The molecule has 1 heterocycles. The molecule has 3 aromatic carbocycles. The normalized spacial score (nSPS) is 16.4. The molecule has 1 unspecified atom stereocenters. The van der Waals surface area contributed by atoms with Gasteiger partial charge in [-0.3, -0.25) is 4.90 Å². The van der Waals surface area contributed by atoms with Crippen LogP contribution in [0.2, 0.25) is 0 Å². The maximum absolute atomic E-state index is 13.8. The maximum Gasteiger partial charge on any atom is 0.408 e. The second kappa shape index (κ2) is 9.71. The first kappa shape index (κ1) is 21.0. The monoisotopic (exact) mass is 422 g/mol. The number of benzene rings is 3. The van der Waals surface area contributed by atoms with E-state index in [4.69, 9.17) is 4.74 Å². The van der Waals surface area contributed by atoms with Crippen LogP contribution in [0.1, 0.15) is 29.2 Å². The Morgan fingerprint density at radius 3 is 2.23 bits per heavy atom. The van der Waals surface area contributed by atoms with Gasteiger partial charge >= 0.3 is 6.09 Å². The molecule has 1 aliphatic rings. The van der Waals surface area contributed by atoms with E-state index in [1.807, 2.05) is 18.2 Å². The number of hydrogen-bond acceptors (Lipinski definition) is 3. The lowest BCUT2D eigenvalue weighted by atomic mass is 10.0. The summed E-state index contributed by atoms with van der Waals surface area (Å²) in [5.74, 6) is -0.898. The number of alkyl carbamates (subject to hydrolysis) is 1. The van der Waals surface area contributed by atoms with Crippen LogP contribution in [0.3, 0.4) is 0 Å². The van der Waals surface area contributed by atoms with Crippen molar-refractivity contribution in [3.63, 3.8) is 0 Å². The van der Waals surface area contributed by atoms with Crippen molar-refractivity contribution >= 4 is 6.09 Å². The van der Waals surface area contributed by atoms with Crippen LogP contribution in [-0.2, 0) is 11.3 Å². The topological polar surface area (TPSA) is 41.6 Å². The van der Waals surface area contributed by atoms with Crippen molar-refractivity contribution < 1.29 is 18.3 Å². The van der Waals surface area contributed by atoms with Crippen molar-refractivity contribution in [1.29, 1.82) is 0 Å². The molecule has 4 rings (SSSR count). The van der Waals surface area contributed by atoms with E-state index in [1.54, 1.807) is 12.1 Å². The smallest absolute Gasteiger partial charge is 0.408 e. The fourth-order valence-corrected chi connectivity index (χ4v) is 3.91. The Bertz CT molecular complexity index is 983. The molecule has 1 N–H and O–H groups in total. The van der Waals surface area contributed by atoms with Gasteiger partial charge in [-0.05, 0) is 47.4 Å². The van der Waals surface area contributed by atoms with Gasteiger partial charge < -0.3 is 10.1 Å². The molecule has 0 spiro atoms. The molecule has 0 bridgehead atoms. The van der Waals surface area contributed by atoms with Crippen LogP contribution in [0.5, 0.6) is 0 Å². The van der Waals surface area contributed by atoms with E-state index in [9.17, 15) is 13.6 Å². The lowest BCUT2D eigenvalue weighted by Crippen LogP contribution is -2.38. The van der Waals surface area contributed by atoms with Crippen LogP contribution in [0, 0.1) is 11.6 Å². The number of carbonyl (C=O) groups is 1. The molecule has 0 saturated carbocycles. The lowest BCUT2D eigenvalue weighted by Gasteiger charge is -2.21. The van der Waals surface area contributed by atoms with Gasteiger partial charge in [0.15, 0.2) is 6.10 Å². The van der Waals surface area contributed by atoms with E-state index in [2.05, 4.69) is 22.3 Å². The molecule has 6 heteroatoms. The Kier molecular flexibility index (Phi) is 6.57. The highest BCUT2D eigenvalue weighted by molar-refractivity contribution is 5.68. The molecular formula is C25H24F2N2O2. The Balaban J connectivity index is 1.41. The summed E-state index contributed by atoms with van der Waals surface area (Å²) in [6, 6.07) is 21.7. The molecule has 1 amide bonds. The third-order valence-corrected chi connectivity index (χ3v) is 5.37. The first-order valence-corrected chi connectivity index (χ1v) is 10.3. The van der Waals surface area contributed by atoms with Gasteiger partial charge in [-0.2, -0.15) is 0 Å². The highest BCUT2D eigenvalue weighted by Gasteiger charge is 2.26. The molecule has 1 aliphatic heterocycles. The average molecular weight is 422 g/mol. The highest BCUT2D eigenvalue weighted by Crippen LogP contribution is 2.27. The van der Waals surface area contributed by atoms with Gasteiger partial charge in [0.25, 0.3) is 0 Å². The summed E-state index contributed by atoms with van der Waals surface area (Å²) < 4.78 is 33.2. The quantitative estimate of drug-likeness (QED) is 0.604. The van der Waals surface area contributed by atoms with Crippen molar-refractivity contribution in [2.45, 2.75) is 25.1 Å². The fourth-order valence-electron chi connectivity index (χ4n) is 3.91. The van der Waals surface area contributed by atoms with Crippen LogP contribution in [0.25, 0.3) is 0 Å². The molecule has 1 atom stereocenters. The number of rotatable bonds is 6. The lowest BCUT2D eigenvalue weighted by molar-refractivity contribution is 0.113. The SMILES string of the molecule is O=C(NC1CCN(Cc2ccccc2)C1)OC(c1cccc(F)c1)c1cccc(F)c1. The van der Waals surface area contributed by atoms with Gasteiger partial charge in [-0.25, -0.2) is 13.6 Å². The Hall–Kier alpha value is -3.25. The predicted octanol–water partition coefficient (Wildman–Crippen LogP) is 5.05. The van der Waals surface area contributed by atoms with E-state index in [0.717, 1.165) is 19.5 Å². The number of halogens is 2. The molecule has 4 nitrogen and oxygen atoms in total. The number of nitrogens with zero attached hydrogens (tertiary/aromatic N) is 1. The van der Waals surface area contributed by atoms with E-state index in [1.165, 1.54) is 42.0 Å². The van der Waals surface area contributed by atoms with Crippen LogP contribution in [0.4, 0.5) is 13.6 Å². The van der Waals surface area contributed by atoms with Crippen molar-refractivity contribution in [3.05, 3.63) is 107 Å². The summed E-state index contributed by atoms with van der Waals surface area (Å²) in [6.45, 7) is 2.41. The van der Waals surface area contributed by atoms with Gasteiger partial charge in [-0.1, -0.05) is 54.6 Å². The zero-order valence-corrected chi connectivity index (χ0v) is 17.0.